The Morgan fingerprint density at radius 1 is 1.08 bits per heavy atom. The molecule has 1 saturated carbocycles. The zero-order valence-corrected chi connectivity index (χ0v) is 22.3. The number of amides is 2. The number of methoxy groups -OCH3 is 1. The molecule has 1 aliphatic carbocycles. The summed E-state index contributed by atoms with van der Waals surface area (Å²) in [6.07, 6.45) is 7.48. The number of allylic oxidation sites excluding steroid dienone is 2. The van der Waals surface area contributed by atoms with E-state index in [4.69, 9.17) is 16.3 Å². The number of nitrogens with zero attached hydrogens (tertiary/aromatic N) is 1. The third kappa shape index (κ3) is 5.05. The van der Waals surface area contributed by atoms with Gasteiger partial charge in [0.2, 0.25) is 0 Å². The van der Waals surface area contributed by atoms with Crippen molar-refractivity contribution >= 4 is 34.8 Å². The maximum absolute atomic E-state index is 13.9. The number of halogens is 2. The summed E-state index contributed by atoms with van der Waals surface area (Å²) in [5.41, 5.74) is 4.64. The van der Waals surface area contributed by atoms with Gasteiger partial charge in [0.1, 0.15) is 11.6 Å². The fraction of sp³-hybridized carbons (Fsp3) is 0.290. The van der Waals surface area contributed by atoms with Crippen LogP contribution in [-0.2, 0) is 6.42 Å². The van der Waals surface area contributed by atoms with Crippen molar-refractivity contribution in [2.24, 2.45) is 5.41 Å². The average Bonchev–Trinajstić information content (AvgIpc) is 3.25. The van der Waals surface area contributed by atoms with E-state index in [-0.39, 0.29) is 21.9 Å². The Hall–Kier alpha value is -3.64. The number of rotatable bonds is 4. The lowest BCUT2D eigenvalue weighted by atomic mass is 9.77. The smallest absolute Gasteiger partial charge is 0.258 e. The van der Waals surface area contributed by atoms with Crippen molar-refractivity contribution in [1.82, 2.24) is 0 Å². The molecule has 0 radical (unpaired) electrons. The Morgan fingerprint density at radius 2 is 1.89 bits per heavy atom. The third-order valence-electron chi connectivity index (χ3n) is 7.82. The van der Waals surface area contributed by atoms with Crippen molar-refractivity contribution in [3.05, 3.63) is 99.8 Å². The molecule has 1 N–H and O–H groups in total. The van der Waals surface area contributed by atoms with Gasteiger partial charge in [0.05, 0.1) is 23.4 Å². The van der Waals surface area contributed by atoms with Gasteiger partial charge in [-0.05, 0) is 92.5 Å². The van der Waals surface area contributed by atoms with Crippen LogP contribution in [0.5, 0.6) is 5.75 Å². The summed E-state index contributed by atoms with van der Waals surface area (Å²) in [6, 6.07) is 16.7. The molecule has 3 aromatic rings. The first kappa shape index (κ1) is 26.0. The van der Waals surface area contributed by atoms with Gasteiger partial charge in [-0.15, -0.1) is 0 Å². The van der Waals surface area contributed by atoms with Crippen molar-refractivity contribution in [2.75, 3.05) is 23.9 Å². The second-order valence-corrected chi connectivity index (χ2v) is 10.5. The van der Waals surface area contributed by atoms with E-state index < -0.39 is 11.7 Å². The minimum atomic E-state index is -0.573. The van der Waals surface area contributed by atoms with Crippen LogP contribution in [0.15, 0.2) is 72.3 Å². The van der Waals surface area contributed by atoms with E-state index in [1.54, 1.807) is 18.2 Å². The van der Waals surface area contributed by atoms with Crippen molar-refractivity contribution in [3.8, 4) is 5.75 Å². The summed E-state index contributed by atoms with van der Waals surface area (Å²) in [4.78, 5) is 28.5. The van der Waals surface area contributed by atoms with Gasteiger partial charge in [-0.1, -0.05) is 41.4 Å². The molecule has 1 aliphatic heterocycles. The Morgan fingerprint density at radius 3 is 2.66 bits per heavy atom. The number of carbonyl (C=O) groups is 2. The lowest BCUT2D eigenvalue weighted by molar-refractivity contribution is 0.0983. The minimum Gasteiger partial charge on any atom is -0.495 e. The van der Waals surface area contributed by atoms with Crippen LogP contribution in [0.4, 0.5) is 15.8 Å². The van der Waals surface area contributed by atoms with Gasteiger partial charge in [0.15, 0.2) is 0 Å². The normalized spacial score (nSPS) is 19.8. The summed E-state index contributed by atoms with van der Waals surface area (Å²) in [6.45, 7) is 2.74. The molecular formula is C31H30ClFN2O3. The van der Waals surface area contributed by atoms with E-state index in [0.29, 0.717) is 23.5 Å². The van der Waals surface area contributed by atoms with Crippen LogP contribution in [0.1, 0.15) is 58.9 Å². The van der Waals surface area contributed by atoms with E-state index >= 15 is 0 Å². The molecule has 0 bridgehead atoms. The molecule has 5 rings (SSSR count). The van der Waals surface area contributed by atoms with Gasteiger partial charge in [-0.25, -0.2) is 4.39 Å². The molecule has 38 heavy (non-hydrogen) atoms. The predicted octanol–water partition coefficient (Wildman–Crippen LogP) is 7.45. The first-order chi connectivity index (χ1) is 18.3. The number of hydrogen-bond acceptors (Lipinski definition) is 3. The largest absolute Gasteiger partial charge is 0.495 e. The van der Waals surface area contributed by atoms with Crippen LogP contribution in [0, 0.1) is 11.2 Å². The fourth-order valence-corrected chi connectivity index (χ4v) is 5.94. The van der Waals surface area contributed by atoms with E-state index in [9.17, 15) is 14.0 Å². The first-order valence-corrected chi connectivity index (χ1v) is 13.2. The predicted molar refractivity (Wildman–Crippen MR) is 149 cm³/mol. The number of hydrogen-bond donors (Lipinski definition) is 1. The van der Waals surface area contributed by atoms with Crippen LogP contribution in [0.25, 0.3) is 0 Å². The summed E-state index contributed by atoms with van der Waals surface area (Å²) in [5.74, 6) is -0.935. The van der Waals surface area contributed by atoms with Gasteiger partial charge in [-0.2, -0.15) is 0 Å². The Kier molecular flexibility index (Phi) is 7.26. The zero-order valence-electron chi connectivity index (χ0n) is 21.5. The van der Waals surface area contributed by atoms with Crippen LogP contribution in [0.3, 0.4) is 0 Å². The molecule has 3 aromatic carbocycles. The highest BCUT2D eigenvalue weighted by atomic mass is 35.5. The van der Waals surface area contributed by atoms with Gasteiger partial charge in [-0.3, -0.25) is 9.59 Å². The van der Waals surface area contributed by atoms with Crippen molar-refractivity contribution < 1.29 is 18.7 Å². The quantitative estimate of drug-likeness (QED) is 0.355. The Labute approximate surface area is 227 Å². The number of fused-ring (bicyclic) bond motifs is 1. The Bertz CT molecular complexity index is 1440. The van der Waals surface area contributed by atoms with Crippen LogP contribution < -0.4 is 15.0 Å². The topological polar surface area (TPSA) is 58.6 Å². The van der Waals surface area contributed by atoms with Gasteiger partial charge >= 0.3 is 0 Å². The molecule has 7 heteroatoms. The number of nitrogens with one attached hydrogen (secondary N) is 1. The number of carbonyl (C=O) groups excluding carboxylic acids is 2. The van der Waals surface area contributed by atoms with Crippen LogP contribution in [-0.4, -0.2) is 25.5 Å². The maximum atomic E-state index is 13.9. The second-order valence-electron chi connectivity index (χ2n) is 10.1. The lowest BCUT2D eigenvalue weighted by Crippen LogP contribution is -2.33. The molecule has 1 heterocycles. The van der Waals surface area contributed by atoms with Gasteiger partial charge in [0.25, 0.3) is 11.8 Å². The standard InChI is InChI=1S/C31H30ClFN2O3/c1-3-20-12-13-31(18-20)14-15-35(27-7-5-4-6-22(27)19-31)30(37)21-8-11-26(28(16-21)38-2)34-29(36)24-17-23(33)9-10-25(24)32/h3-11,16-17H,12-15,18-19H2,1-2H3,(H,34,36)/b20-3+/t31-/m1/s1. The molecular weight excluding hydrogens is 503 g/mol. The lowest BCUT2D eigenvalue weighted by Gasteiger charge is -2.27. The number of ether oxygens (including phenoxy) is 1. The SMILES string of the molecule is C/C=C1\CC[C@@]2(CCN(C(=O)c3ccc(NC(=O)c4cc(F)ccc4Cl)c(OC)c3)c3ccccc3C2)C1. The minimum absolute atomic E-state index is 0.0111. The van der Waals surface area contributed by atoms with E-state index in [1.807, 2.05) is 23.1 Å². The maximum Gasteiger partial charge on any atom is 0.258 e. The Balaban J connectivity index is 1.41. The molecule has 1 spiro atoms. The second kappa shape index (κ2) is 10.6. The van der Waals surface area contributed by atoms with Gasteiger partial charge < -0.3 is 15.0 Å². The number of para-hydroxylation sites is 1. The average molecular weight is 533 g/mol. The van der Waals surface area contributed by atoms with Crippen molar-refractivity contribution in [3.63, 3.8) is 0 Å². The molecule has 0 aromatic heterocycles. The van der Waals surface area contributed by atoms with Crippen molar-refractivity contribution in [1.29, 1.82) is 0 Å². The fourth-order valence-electron chi connectivity index (χ4n) is 5.74. The first-order valence-electron chi connectivity index (χ1n) is 12.8. The molecule has 0 saturated heterocycles. The molecule has 1 atom stereocenters. The zero-order chi connectivity index (χ0) is 26.9. The summed E-state index contributed by atoms with van der Waals surface area (Å²) < 4.78 is 19.2. The molecule has 5 nitrogen and oxygen atoms in total. The highest BCUT2D eigenvalue weighted by Gasteiger charge is 2.40. The van der Waals surface area contributed by atoms with E-state index in [1.165, 1.54) is 30.4 Å². The number of benzene rings is 3. The molecule has 2 aliphatic rings. The summed E-state index contributed by atoms with van der Waals surface area (Å²) in [7, 11) is 1.47. The van der Waals surface area contributed by atoms with Gasteiger partial charge in [0, 0.05) is 17.8 Å². The van der Waals surface area contributed by atoms with Crippen molar-refractivity contribution in [2.45, 2.75) is 39.0 Å². The summed E-state index contributed by atoms with van der Waals surface area (Å²) >= 11 is 6.09. The third-order valence-corrected chi connectivity index (χ3v) is 8.14. The molecule has 0 unspecified atom stereocenters. The van der Waals surface area contributed by atoms with Crippen LogP contribution in [0.2, 0.25) is 5.02 Å². The molecule has 1 fully saturated rings. The monoisotopic (exact) mass is 532 g/mol. The van der Waals surface area contributed by atoms with E-state index in [0.717, 1.165) is 43.9 Å². The highest BCUT2D eigenvalue weighted by Crippen LogP contribution is 2.49. The number of anilines is 2. The molecule has 2 amide bonds. The van der Waals surface area contributed by atoms with Crippen LogP contribution >= 0.6 is 11.6 Å². The highest BCUT2D eigenvalue weighted by molar-refractivity contribution is 6.34. The van der Waals surface area contributed by atoms with E-state index in [2.05, 4.69) is 24.4 Å². The molecule has 196 valence electrons. The summed E-state index contributed by atoms with van der Waals surface area (Å²) in [5, 5.41) is 2.85.